The summed E-state index contributed by atoms with van der Waals surface area (Å²) in [6.45, 7) is 4.03. The minimum Gasteiger partial charge on any atom is -0.426 e. The smallest absolute Gasteiger partial charge is 0.316 e. The molecular formula is C27H26N2O5. The molecule has 0 saturated carbocycles. The normalized spacial score (nSPS) is 24.1. The molecule has 2 aromatic rings. The van der Waals surface area contributed by atoms with Gasteiger partial charge in [-0.05, 0) is 62.6 Å². The van der Waals surface area contributed by atoms with E-state index in [0.717, 1.165) is 11.3 Å². The lowest BCUT2D eigenvalue weighted by Gasteiger charge is -2.19. The summed E-state index contributed by atoms with van der Waals surface area (Å²) in [5, 5.41) is 0. The monoisotopic (exact) mass is 458 g/mol. The van der Waals surface area contributed by atoms with Crippen LogP contribution in [-0.2, 0) is 19.2 Å². The summed E-state index contributed by atoms with van der Waals surface area (Å²) >= 11 is 0. The molecule has 34 heavy (non-hydrogen) atoms. The molecule has 2 aliphatic heterocycles. The highest BCUT2D eigenvalue weighted by molar-refractivity contribution is 6.22. The van der Waals surface area contributed by atoms with Crippen LogP contribution in [0, 0.1) is 31.6 Å². The van der Waals surface area contributed by atoms with E-state index in [1.807, 2.05) is 43.3 Å². The van der Waals surface area contributed by atoms with Gasteiger partial charge in [-0.2, -0.15) is 0 Å². The van der Waals surface area contributed by atoms with Crippen molar-refractivity contribution in [1.82, 2.24) is 0 Å². The molecule has 3 amide bonds. The zero-order valence-electron chi connectivity index (χ0n) is 19.2. The number of anilines is 2. The zero-order valence-corrected chi connectivity index (χ0v) is 19.2. The SMILES string of the molecule is Cc1ccc(N2C[C@@H](C(=O)Oc3ccc(N4C(=O)[C@H]5CC=CC[C@@H]5C4=O)c(C)c3)CC2=O)cc1. The van der Waals surface area contributed by atoms with Gasteiger partial charge in [0.1, 0.15) is 5.75 Å². The fourth-order valence-corrected chi connectivity index (χ4v) is 5.02. The Hall–Kier alpha value is -3.74. The van der Waals surface area contributed by atoms with E-state index in [1.54, 1.807) is 30.0 Å². The van der Waals surface area contributed by atoms with Gasteiger partial charge in [0.25, 0.3) is 0 Å². The summed E-state index contributed by atoms with van der Waals surface area (Å²) < 4.78 is 5.58. The molecule has 0 spiro atoms. The molecule has 0 radical (unpaired) electrons. The van der Waals surface area contributed by atoms with Crippen molar-refractivity contribution >= 4 is 35.1 Å². The molecule has 5 rings (SSSR count). The van der Waals surface area contributed by atoms with Crippen LogP contribution in [0.2, 0.25) is 0 Å². The van der Waals surface area contributed by atoms with Crippen molar-refractivity contribution in [3.63, 3.8) is 0 Å². The summed E-state index contributed by atoms with van der Waals surface area (Å²) in [7, 11) is 0. The summed E-state index contributed by atoms with van der Waals surface area (Å²) in [5.41, 5.74) is 3.05. The van der Waals surface area contributed by atoms with Crippen LogP contribution in [-0.4, -0.2) is 30.2 Å². The van der Waals surface area contributed by atoms with E-state index in [-0.39, 0.29) is 42.5 Å². The molecule has 3 atom stereocenters. The fraction of sp³-hybridized carbons (Fsp3) is 0.333. The van der Waals surface area contributed by atoms with E-state index < -0.39 is 11.9 Å². The highest BCUT2D eigenvalue weighted by atomic mass is 16.5. The van der Waals surface area contributed by atoms with Crippen LogP contribution in [0.4, 0.5) is 11.4 Å². The molecule has 174 valence electrons. The number of allylic oxidation sites excluding steroid dienone is 2. The number of ether oxygens (including phenoxy) is 1. The van der Waals surface area contributed by atoms with Gasteiger partial charge >= 0.3 is 5.97 Å². The number of fused-ring (bicyclic) bond motifs is 1. The maximum Gasteiger partial charge on any atom is 0.316 e. The minimum atomic E-state index is -0.564. The summed E-state index contributed by atoms with van der Waals surface area (Å²) in [4.78, 5) is 53.9. The van der Waals surface area contributed by atoms with Crippen molar-refractivity contribution in [1.29, 1.82) is 0 Å². The van der Waals surface area contributed by atoms with Gasteiger partial charge in [0.2, 0.25) is 17.7 Å². The molecule has 7 heteroatoms. The number of carbonyl (C=O) groups is 4. The van der Waals surface area contributed by atoms with Gasteiger partial charge in [-0.15, -0.1) is 0 Å². The van der Waals surface area contributed by atoms with Gasteiger partial charge in [0.05, 0.1) is 23.4 Å². The number of amides is 3. The third kappa shape index (κ3) is 3.81. The van der Waals surface area contributed by atoms with E-state index in [0.29, 0.717) is 29.8 Å². The molecular weight excluding hydrogens is 432 g/mol. The van der Waals surface area contributed by atoms with Crippen molar-refractivity contribution in [3.8, 4) is 5.75 Å². The predicted octanol–water partition coefficient (Wildman–Crippen LogP) is 3.72. The van der Waals surface area contributed by atoms with E-state index in [4.69, 9.17) is 4.74 Å². The standard InChI is InChI=1S/C27H26N2O5/c1-16-7-9-19(10-8-16)28-15-18(14-24(28)30)27(33)34-20-11-12-23(17(2)13-20)29-25(31)21-5-3-4-6-22(21)26(29)32/h3-4,7-13,18,21-22H,5-6,14-15H2,1-2H3/t18-,21-,22-/m0/s1. The molecule has 0 aromatic heterocycles. The first kappa shape index (κ1) is 22.1. The first-order valence-corrected chi connectivity index (χ1v) is 11.6. The highest BCUT2D eigenvalue weighted by Crippen LogP contribution is 2.39. The van der Waals surface area contributed by atoms with E-state index >= 15 is 0 Å². The Morgan fingerprint density at radius 3 is 2.18 bits per heavy atom. The van der Waals surface area contributed by atoms with Crippen LogP contribution in [0.5, 0.6) is 5.75 Å². The average Bonchev–Trinajstić information content (AvgIpc) is 3.33. The number of imide groups is 1. The Morgan fingerprint density at radius 1 is 0.912 bits per heavy atom. The first-order valence-electron chi connectivity index (χ1n) is 11.6. The van der Waals surface area contributed by atoms with Crippen LogP contribution in [0.3, 0.4) is 0 Å². The summed E-state index contributed by atoms with van der Waals surface area (Å²) in [6, 6.07) is 12.5. The van der Waals surface area contributed by atoms with Gasteiger partial charge in [-0.25, -0.2) is 4.90 Å². The molecule has 2 fully saturated rings. The number of hydrogen-bond donors (Lipinski definition) is 0. The van der Waals surface area contributed by atoms with Gasteiger partial charge in [-0.3, -0.25) is 19.2 Å². The first-order chi connectivity index (χ1) is 16.3. The summed E-state index contributed by atoms with van der Waals surface area (Å²) in [6.07, 6.45) is 5.18. The highest BCUT2D eigenvalue weighted by Gasteiger charge is 2.48. The lowest BCUT2D eigenvalue weighted by molar-refractivity contribution is -0.139. The van der Waals surface area contributed by atoms with E-state index in [9.17, 15) is 19.2 Å². The van der Waals surface area contributed by atoms with Crippen LogP contribution in [0.15, 0.2) is 54.6 Å². The van der Waals surface area contributed by atoms with Crippen LogP contribution in [0.1, 0.15) is 30.4 Å². The molecule has 0 unspecified atom stereocenters. The molecule has 2 heterocycles. The second kappa shape index (κ2) is 8.56. The minimum absolute atomic E-state index is 0.0946. The van der Waals surface area contributed by atoms with Crippen molar-refractivity contribution < 1.29 is 23.9 Å². The van der Waals surface area contributed by atoms with Gasteiger partial charge in [0, 0.05) is 18.7 Å². The predicted molar refractivity (Wildman–Crippen MR) is 126 cm³/mol. The maximum atomic E-state index is 12.9. The third-order valence-corrected chi connectivity index (χ3v) is 6.94. The molecule has 2 saturated heterocycles. The Balaban J connectivity index is 1.28. The van der Waals surface area contributed by atoms with Crippen molar-refractivity contribution in [2.45, 2.75) is 33.1 Å². The molecule has 3 aliphatic rings. The second-order valence-corrected chi connectivity index (χ2v) is 9.28. The zero-order chi connectivity index (χ0) is 24.0. The van der Waals surface area contributed by atoms with Gasteiger partial charge in [-0.1, -0.05) is 29.8 Å². The number of benzene rings is 2. The molecule has 2 aromatic carbocycles. The Bertz CT molecular complexity index is 1190. The maximum absolute atomic E-state index is 12.9. The van der Waals surface area contributed by atoms with Crippen LogP contribution >= 0.6 is 0 Å². The quantitative estimate of drug-likeness (QED) is 0.302. The lowest BCUT2D eigenvalue weighted by Crippen LogP contribution is -2.31. The number of hydrogen-bond acceptors (Lipinski definition) is 5. The second-order valence-electron chi connectivity index (χ2n) is 9.28. The molecule has 0 N–H and O–H groups in total. The molecule has 7 nitrogen and oxygen atoms in total. The largest absolute Gasteiger partial charge is 0.426 e. The van der Waals surface area contributed by atoms with Crippen molar-refractivity contribution in [2.24, 2.45) is 17.8 Å². The van der Waals surface area contributed by atoms with Gasteiger partial charge in [0.15, 0.2) is 0 Å². The van der Waals surface area contributed by atoms with E-state index in [1.165, 1.54) is 4.90 Å². The van der Waals surface area contributed by atoms with Gasteiger partial charge < -0.3 is 9.64 Å². The van der Waals surface area contributed by atoms with Crippen molar-refractivity contribution in [3.05, 3.63) is 65.7 Å². The number of rotatable bonds is 4. The number of nitrogens with zero attached hydrogens (tertiary/aromatic N) is 2. The fourth-order valence-electron chi connectivity index (χ4n) is 5.02. The lowest BCUT2D eigenvalue weighted by atomic mass is 9.85. The summed E-state index contributed by atoms with van der Waals surface area (Å²) in [5.74, 6) is -1.77. The number of esters is 1. The Labute approximate surface area is 198 Å². The Kier molecular flexibility index (Phi) is 5.55. The molecule has 0 bridgehead atoms. The molecule has 1 aliphatic carbocycles. The Morgan fingerprint density at radius 2 is 1.56 bits per heavy atom. The van der Waals surface area contributed by atoms with Crippen LogP contribution < -0.4 is 14.5 Å². The number of carbonyl (C=O) groups excluding carboxylic acids is 4. The third-order valence-electron chi connectivity index (χ3n) is 6.94. The van der Waals surface area contributed by atoms with Crippen molar-refractivity contribution in [2.75, 3.05) is 16.3 Å². The topological polar surface area (TPSA) is 84.0 Å². The van der Waals surface area contributed by atoms with Crippen LogP contribution in [0.25, 0.3) is 0 Å². The number of aryl methyl sites for hydroxylation is 2. The average molecular weight is 459 g/mol. The van der Waals surface area contributed by atoms with E-state index in [2.05, 4.69) is 0 Å².